The van der Waals surface area contributed by atoms with Crippen LogP contribution in [0.2, 0.25) is 0 Å². The van der Waals surface area contributed by atoms with E-state index in [1.165, 1.54) is 26.0 Å². The first-order valence-electron chi connectivity index (χ1n) is 21.5. The number of hydrogen-bond acceptors (Lipinski definition) is 11. The van der Waals surface area contributed by atoms with E-state index in [1.807, 2.05) is 31.2 Å². The Morgan fingerprint density at radius 3 is 2.44 bits per heavy atom. The number of nitrogens with one attached hydrogen (secondary N) is 1. The van der Waals surface area contributed by atoms with E-state index < -0.39 is 51.9 Å². The summed E-state index contributed by atoms with van der Waals surface area (Å²) < 4.78 is 23.9. The molecular weight excluding hydrogens is 753 g/mol. The van der Waals surface area contributed by atoms with Crippen molar-refractivity contribution < 1.29 is 43.2 Å². The summed E-state index contributed by atoms with van der Waals surface area (Å²) in [4.78, 5) is 66.7. The lowest BCUT2D eigenvalue weighted by Gasteiger charge is -2.64. The lowest BCUT2D eigenvalue weighted by molar-refractivity contribution is -0.242. The van der Waals surface area contributed by atoms with Gasteiger partial charge in [0, 0.05) is 71.7 Å². The number of carbonyl (C=O) groups is 4. The SMILES string of the molecule is CCC1CC2CN(CCc3c([nH]c4ccccc34)C(C(=O)OC)(c3cc4c(cc3OC)N(C=O)C3C(O)(C(=O)OC)C(OC(C)=O)C5(CC)CCCN6CCC43C65)C2)C1. The van der Waals surface area contributed by atoms with Crippen LogP contribution in [0.1, 0.15) is 88.1 Å². The van der Waals surface area contributed by atoms with Gasteiger partial charge in [0.2, 0.25) is 12.0 Å². The van der Waals surface area contributed by atoms with Gasteiger partial charge < -0.3 is 38.8 Å². The molecule has 1 spiro atoms. The maximum absolute atomic E-state index is 15.3. The zero-order valence-corrected chi connectivity index (χ0v) is 35.2. The molecule has 316 valence electrons. The number of ether oxygens (including phenoxy) is 4. The number of methoxy groups -OCH3 is 3. The third kappa shape index (κ3) is 5.25. The number of esters is 3. The summed E-state index contributed by atoms with van der Waals surface area (Å²) >= 11 is 0. The predicted octanol–water partition coefficient (Wildman–Crippen LogP) is 4.63. The zero-order valence-electron chi connectivity index (χ0n) is 35.2. The van der Waals surface area contributed by atoms with Gasteiger partial charge in [-0.3, -0.25) is 19.3 Å². The van der Waals surface area contributed by atoms with Crippen LogP contribution in [-0.4, -0.2) is 122 Å². The average molecular weight is 811 g/mol. The summed E-state index contributed by atoms with van der Waals surface area (Å²) in [5.74, 6) is -1.01. The first-order chi connectivity index (χ1) is 28.4. The van der Waals surface area contributed by atoms with Crippen LogP contribution in [0, 0.1) is 17.3 Å². The molecule has 9 rings (SSSR count). The summed E-state index contributed by atoms with van der Waals surface area (Å²) in [6, 6.07) is 10.5. The summed E-state index contributed by atoms with van der Waals surface area (Å²) in [6.07, 6.45) is 4.85. The Kier molecular flexibility index (Phi) is 9.71. The van der Waals surface area contributed by atoms with Crippen LogP contribution in [-0.2, 0) is 50.6 Å². The number of rotatable bonds is 8. The van der Waals surface area contributed by atoms with E-state index >= 15 is 4.79 Å². The molecule has 3 saturated heterocycles. The molecule has 2 aromatic carbocycles. The number of carbonyl (C=O) groups excluding carboxylic acids is 4. The van der Waals surface area contributed by atoms with Crippen molar-refractivity contribution in [3.63, 3.8) is 0 Å². The van der Waals surface area contributed by atoms with Crippen molar-refractivity contribution in [3.05, 3.63) is 58.8 Å². The number of hydrogen-bond donors (Lipinski definition) is 2. The lowest BCUT2D eigenvalue weighted by atomic mass is 9.46. The summed E-state index contributed by atoms with van der Waals surface area (Å²) in [6.45, 7) is 9.65. The standard InChI is InChI=1S/C46H58N4O9/c1-7-28-20-29-23-45(41(53)57-5,37-31(14-18-48(24-28)25-29)30-12-9-10-13-34(30)47-37)33-21-32-35(22-36(33)56-4)50(26-51)39-44(32)16-19-49-17-11-15-43(8-2,38(44)49)40(59-27(3)52)46(39,55)42(54)58-6/h9-10,12-13,21-22,26,28-29,38-40,47,55H,7-8,11,14-20,23-25H2,1-6H3. The van der Waals surface area contributed by atoms with Gasteiger partial charge in [-0.2, -0.15) is 0 Å². The van der Waals surface area contributed by atoms with Crippen molar-refractivity contribution in [3.8, 4) is 5.75 Å². The van der Waals surface area contributed by atoms with Crippen LogP contribution >= 0.6 is 0 Å². The van der Waals surface area contributed by atoms with Gasteiger partial charge in [-0.25, -0.2) is 4.79 Å². The molecule has 59 heavy (non-hydrogen) atoms. The first kappa shape index (κ1) is 40.0. The largest absolute Gasteiger partial charge is 0.496 e. The number of aliphatic hydroxyl groups is 1. The number of anilines is 1. The zero-order chi connectivity index (χ0) is 41.6. The van der Waals surface area contributed by atoms with Gasteiger partial charge in [-0.15, -0.1) is 0 Å². The Balaban J connectivity index is 1.37. The third-order valence-electron chi connectivity index (χ3n) is 15.9. The molecule has 1 aliphatic carbocycles. The van der Waals surface area contributed by atoms with Gasteiger partial charge >= 0.3 is 17.9 Å². The first-order valence-corrected chi connectivity index (χ1v) is 21.5. The summed E-state index contributed by atoms with van der Waals surface area (Å²) in [7, 11) is 4.23. The van der Waals surface area contributed by atoms with Crippen LogP contribution in [0.15, 0.2) is 36.4 Å². The number of amides is 1. The Morgan fingerprint density at radius 1 is 0.966 bits per heavy atom. The molecule has 3 aromatic rings. The van der Waals surface area contributed by atoms with Crippen LogP contribution in [0.5, 0.6) is 5.75 Å². The van der Waals surface area contributed by atoms with E-state index in [-0.39, 0.29) is 12.0 Å². The minimum Gasteiger partial charge on any atom is -0.496 e. The van der Waals surface area contributed by atoms with Crippen molar-refractivity contribution in [2.24, 2.45) is 17.3 Å². The van der Waals surface area contributed by atoms with Gasteiger partial charge in [0.05, 0.1) is 33.1 Å². The van der Waals surface area contributed by atoms with Crippen molar-refractivity contribution in [2.75, 3.05) is 59.0 Å². The van der Waals surface area contributed by atoms with Crippen LogP contribution in [0.4, 0.5) is 5.69 Å². The molecule has 13 heteroatoms. The number of aromatic nitrogens is 1. The second-order valence-corrected chi connectivity index (χ2v) is 18.2. The number of nitrogens with zero attached hydrogens (tertiary/aromatic N) is 3. The van der Waals surface area contributed by atoms with Crippen molar-refractivity contribution in [1.82, 2.24) is 14.8 Å². The highest BCUT2D eigenvalue weighted by molar-refractivity contribution is 5.96. The number of fused-ring (bicyclic) bond motifs is 6. The van der Waals surface area contributed by atoms with Crippen molar-refractivity contribution in [2.45, 2.75) is 107 Å². The molecule has 10 atom stereocenters. The second-order valence-electron chi connectivity index (χ2n) is 18.2. The van der Waals surface area contributed by atoms with E-state index in [1.54, 1.807) is 7.11 Å². The molecule has 10 unspecified atom stereocenters. The van der Waals surface area contributed by atoms with Gasteiger partial charge in [0.1, 0.15) is 11.2 Å². The maximum Gasteiger partial charge on any atom is 0.344 e. The third-order valence-corrected chi connectivity index (χ3v) is 15.9. The molecule has 2 bridgehead atoms. The Bertz CT molecular complexity index is 2210. The molecule has 6 heterocycles. The number of benzene rings is 2. The molecule has 13 nitrogen and oxygen atoms in total. The molecule has 2 N–H and O–H groups in total. The number of aromatic amines is 1. The van der Waals surface area contributed by atoms with Crippen LogP contribution < -0.4 is 9.64 Å². The number of H-pyrrole nitrogens is 1. The Labute approximate surface area is 345 Å². The van der Waals surface area contributed by atoms with E-state index in [4.69, 9.17) is 18.9 Å². The van der Waals surface area contributed by atoms with Crippen LogP contribution in [0.25, 0.3) is 10.9 Å². The maximum atomic E-state index is 15.3. The summed E-state index contributed by atoms with van der Waals surface area (Å²) in [5, 5.41) is 14.4. The normalized spacial score (nSPS) is 35.9. The molecule has 6 aliphatic rings. The van der Waals surface area contributed by atoms with Gasteiger partial charge in [0.25, 0.3) is 0 Å². The minimum absolute atomic E-state index is 0.136. The smallest absolute Gasteiger partial charge is 0.344 e. The van der Waals surface area contributed by atoms with E-state index in [0.717, 1.165) is 79.6 Å². The highest BCUT2D eigenvalue weighted by Crippen LogP contribution is 2.69. The monoisotopic (exact) mass is 810 g/mol. The fraction of sp³-hybridized carbons (Fsp3) is 0.609. The summed E-state index contributed by atoms with van der Waals surface area (Å²) in [5.41, 5.74) is -1.14. The highest BCUT2D eigenvalue weighted by Gasteiger charge is 2.81. The van der Waals surface area contributed by atoms with E-state index in [9.17, 15) is 19.5 Å². The van der Waals surface area contributed by atoms with E-state index in [2.05, 4.69) is 33.8 Å². The van der Waals surface area contributed by atoms with Crippen LogP contribution in [0.3, 0.4) is 0 Å². The number of para-hydroxylation sites is 1. The minimum atomic E-state index is -2.45. The van der Waals surface area contributed by atoms with Crippen molar-refractivity contribution >= 4 is 40.9 Å². The highest BCUT2D eigenvalue weighted by atomic mass is 16.6. The predicted molar refractivity (Wildman–Crippen MR) is 219 cm³/mol. The fourth-order valence-electron chi connectivity index (χ4n) is 13.8. The quantitative estimate of drug-likeness (QED) is 0.186. The molecule has 5 aliphatic heterocycles. The van der Waals surface area contributed by atoms with Gasteiger partial charge in [0.15, 0.2) is 6.10 Å². The molecule has 4 fully saturated rings. The molecule has 1 amide bonds. The van der Waals surface area contributed by atoms with Gasteiger partial charge in [-0.1, -0.05) is 38.5 Å². The van der Waals surface area contributed by atoms with Crippen molar-refractivity contribution in [1.29, 1.82) is 0 Å². The second kappa shape index (κ2) is 14.3. The molecule has 1 aromatic heterocycles. The topological polar surface area (TPSA) is 151 Å². The Morgan fingerprint density at radius 2 is 1.75 bits per heavy atom. The Hall–Kier alpha value is -4.46. The van der Waals surface area contributed by atoms with Gasteiger partial charge in [-0.05, 0) is 93.1 Å². The molecule has 1 saturated carbocycles. The lowest BCUT2D eigenvalue weighted by Crippen LogP contribution is -2.82. The number of piperidine rings is 2. The molecular formula is C46H58N4O9. The molecule has 0 radical (unpaired) electrons. The van der Waals surface area contributed by atoms with E-state index in [0.29, 0.717) is 61.6 Å². The average Bonchev–Trinajstić information content (AvgIpc) is 3.92. The fourth-order valence-corrected chi connectivity index (χ4v) is 13.8.